The van der Waals surface area contributed by atoms with Crippen LogP contribution in [0, 0.1) is 5.82 Å². The number of nitrogens with two attached hydrogens (primary N) is 1. The van der Waals surface area contributed by atoms with Crippen LogP contribution in [0.5, 0.6) is 0 Å². The van der Waals surface area contributed by atoms with E-state index in [-0.39, 0.29) is 29.8 Å². The third-order valence-electron chi connectivity index (χ3n) is 1.79. The number of nitrogens with one attached hydrogen (secondary N) is 1. The molecule has 70 valence electrons. The summed E-state index contributed by atoms with van der Waals surface area (Å²) in [6, 6.07) is 4.83. The maximum absolute atomic E-state index is 13.0. The lowest BCUT2D eigenvalue weighted by molar-refractivity contribution is 0.611. The molecule has 1 heterocycles. The standard InChI is InChI=1S/C8H8FN3.HI/c9-6-2-1-3-7-5(6)4-11-8(10)12-7;/h1-3H,4H2,(H3,10,11,12);1H. The van der Waals surface area contributed by atoms with E-state index >= 15 is 0 Å². The van der Waals surface area contributed by atoms with Gasteiger partial charge in [0.25, 0.3) is 0 Å². The molecular weight excluding hydrogens is 284 g/mol. The van der Waals surface area contributed by atoms with E-state index < -0.39 is 0 Å². The molecule has 0 spiro atoms. The van der Waals surface area contributed by atoms with Crippen LogP contribution in [-0.2, 0) is 6.54 Å². The summed E-state index contributed by atoms with van der Waals surface area (Å²) < 4.78 is 13.0. The van der Waals surface area contributed by atoms with Crippen molar-refractivity contribution < 1.29 is 4.39 Å². The molecule has 5 heteroatoms. The van der Waals surface area contributed by atoms with Crippen LogP contribution >= 0.6 is 24.0 Å². The van der Waals surface area contributed by atoms with Crippen molar-refractivity contribution in [2.45, 2.75) is 6.54 Å². The molecule has 1 aromatic carbocycles. The molecule has 0 bridgehead atoms. The van der Waals surface area contributed by atoms with E-state index in [1.807, 2.05) is 0 Å². The van der Waals surface area contributed by atoms with Gasteiger partial charge in [-0.15, -0.1) is 24.0 Å². The summed E-state index contributed by atoms with van der Waals surface area (Å²) in [5.41, 5.74) is 6.70. The Hall–Kier alpha value is -0.850. The maximum Gasteiger partial charge on any atom is 0.193 e. The van der Waals surface area contributed by atoms with E-state index in [1.165, 1.54) is 6.07 Å². The number of fused-ring (bicyclic) bond motifs is 1. The summed E-state index contributed by atoms with van der Waals surface area (Å²) in [6.07, 6.45) is 0. The van der Waals surface area contributed by atoms with Gasteiger partial charge in [-0.25, -0.2) is 9.38 Å². The van der Waals surface area contributed by atoms with E-state index in [4.69, 9.17) is 5.73 Å². The van der Waals surface area contributed by atoms with E-state index in [0.29, 0.717) is 23.8 Å². The minimum atomic E-state index is -0.240. The predicted molar refractivity (Wildman–Crippen MR) is 60.8 cm³/mol. The number of hydrogen-bond acceptors (Lipinski definition) is 3. The molecule has 1 aromatic rings. The number of guanidine groups is 1. The zero-order chi connectivity index (χ0) is 8.55. The average molecular weight is 293 g/mol. The Morgan fingerprint density at radius 1 is 1.46 bits per heavy atom. The summed E-state index contributed by atoms with van der Waals surface area (Å²) in [6.45, 7) is 0.320. The summed E-state index contributed by atoms with van der Waals surface area (Å²) in [5, 5.41) is 2.79. The predicted octanol–water partition coefficient (Wildman–Crippen LogP) is 1.68. The molecule has 1 aliphatic rings. The Morgan fingerprint density at radius 2 is 2.23 bits per heavy atom. The summed E-state index contributed by atoms with van der Waals surface area (Å²) in [4.78, 5) is 3.88. The largest absolute Gasteiger partial charge is 0.370 e. The van der Waals surface area contributed by atoms with Gasteiger partial charge in [0.05, 0.1) is 6.54 Å². The minimum Gasteiger partial charge on any atom is -0.370 e. The molecule has 0 radical (unpaired) electrons. The Balaban J connectivity index is 0.000000845. The lowest BCUT2D eigenvalue weighted by Crippen LogP contribution is -2.26. The van der Waals surface area contributed by atoms with E-state index in [0.717, 1.165) is 0 Å². The van der Waals surface area contributed by atoms with Crippen molar-refractivity contribution in [1.82, 2.24) is 0 Å². The Kier molecular flexibility index (Phi) is 3.07. The lowest BCUT2D eigenvalue weighted by atomic mass is 10.1. The van der Waals surface area contributed by atoms with E-state index in [9.17, 15) is 4.39 Å². The first-order chi connectivity index (χ1) is 5.77. The van der Waals surface area contributed by atoms with Crippen molar-refractivity contribution in [2.24, 2.45) is 10.7 Å². The summed E-state index contributed by atoms with van der Waals surface area (Å²) >= 11 is 0. The molecule has 1 aliphatic heterocycles. The molecule has 3 nitrogen and oxygen atoms in total. The van der Waals surface area contributed by atoms with E-state index in [1.54, 1.807) is 12.1 Å². The van der Waals surface area contributed by atoms with Crippen molar-refractivity contribution in [1.29, 1.82) is 0 Å². The second kappa shape index (κ2) is 3.91. The molecule has 0 unspecified atom stereocenters. The van der Waals surface area contributed by atoms with Crippen molar-refractivity contribution in [3.63, 3.8) is 0 Å². The summed E-state index contributed by atoms with van der Waals surface area (Å²) in [7, 11) is 0. The van der Waals surface area contributed by atoms with Gasteiger partial charge in [0.15, 0.2) is 5.96 Å². The van der Waals surface area contributed by atoms with Crippen LogP contribution in [0.15, 0.2) is 23.2 Å². The normalized spacial score (nSPS) is 13.5. The highest BCUT2D eigenvalue weighted by molar-refractivity contribution is 14.0. The van der Waals surface area contributed by atoms with Gasteiger partial charge < -0.3 is 11.1 Å². The van der Waals surface area contributed by atoms with Crippen LogP contribution in [0.3, 0.4) is 0 Å². The molecule has 0 amide bonds. The molecule has 0 saturated carbocycles. The average Bonchev–Trinajstić information content (AvgIpc) is 2.04. The fraction of sp³-hybridized carbons (Fsp3) is 0.125. The lowest BCUT2D eigenvalue weighted by Gasteiger charge is -2.15. The highest BCUT2D eigenvalue weighted by Crippen LogP contribution is 2.21. The van der Waals surface area contributed by atoms with Crippen LogP contribution in [0.2, 0.25) is 0 Å². The van der Waals surface area contributed by atoms with Gasteiger partial charge in [-0.2, -0.15) is 0 Å². The number of benzene rings is 1. The van der Waals surface area contributed by atoms with Crippen LogP contribution in [0.4, 0.5) is 10.1 Å². The maximum atomic E-state index is 13.0. The number of rotatable bonds is 0. The molecule has 0 aliphatic carbocycles. The first kappa shape index (κ1) is 10.2. The van der Waals surface area contributed by atoms with Crippen LogP contribution in [0.25, 0.3) is 0 Å². The number of aliphatic imine (C=N–C) groups is 1. The number of anilines is 1. The van der Waals surface area contributed by atoms with Gasteiger partial charge in [0.1, 0.15) is 5.82 Å². The van der Waals surface area contributed by atoms with Crippen molar-refractivity contribution in [3.05, 3.63) is 29.6 Å². The van der Waals surface area contributed by atoms with Crippen molar-refractivity contribution in [3.8, 4) is 0 Å². The summed E-state index contributed by atoms with van der Waals surface area (Å²) in [5.74, 6) is 0.101. The number of nitrogens with zero attached hydrogens (tertiary/aromatic N) is 1. The monoisotopic (exact) mass is 293 g/mol. The fourth-order valence-corrected chi connectivity index (χ4v) is 1.18. The van der Waals surface area contributed by atoms with Gasteiger partial charge in [-0.3, -0.25) is 0 Å². The Morgan fingerprint density at radius 3 is 3.00 bits per heavy atom. The first-order valence-electron chi connectivity index (χ1n) is 3.62. The Labute approximate surface area is 92.2 Å². The molecule has 0 fully saturated rings. The van der Waals surface area contributed by atoms with Crippen LogP contribution < -0.4 is 11.1 Å². The molecule has 13 heavy (non-hydrogen) atoms. The second-order valence-electron chi connectivity index (χ2n) is 2.59. The highest BCUT2D eigenvalue weighted by Gasteiger charge is 2.12. The van der Waals surface area contributed by atoms with Gasteiger partial charge in [-0.1, -0.05) is 6.07 Å². The topological polar surface area (TPSA) is 50.4 Å². The molecular formula is C8H9FIN3. The van der Waals surface area contributed by atoms with Gasteiger partial charge in [0.2, 0.25) is 0 Å². The van der Waals surface area contributed by atoms with Gasteiger partial charge >= 0.3 is 0 Å². The third-order valence-corrected chi connectivity index (χ3v) is 1.79. The minimum absolute atomic E-state index is 0. The quantitative estimate of drug-likeness (QED) is 0.715. The first-order valence-corrected chi connectivity index (χ1v) is 3.62. The zero-order valence-electron chi connectivity index (χ0n) is 6.75. The molecule has 3 N–H and O–H groups in total. The van der Waals surface area contributed by atoms with E-state index in [2.05, 4.69) is 10.3 Å². The Bertz CT molecular complexity index is 351. The number of halogens is 2. The fourth-order valence-electron chi connectivity index (χ4n) is 1.18. The van der Waals surface area contributed by atoms with Gasteiger partial charge in [0, 0.05) is 11.3 Å². The SMILES string of the molecule is I.NC1=NCc2c(F)cccc2N1. The highest BCUT2D eigenvalue weighted by atomic mass is 127. The second-order valence-corrected chi connectivity index (χ2v) is 2.59. The van der Waals surface area contributed by atoms with Crippen molar-refractivity contribution in [2.75, 3.05) is 5.32 Å². The molecule has 0 aromatic heterocycles. The van der Waals surface area contributed by atoms with Gasteiger partial charge in [-0.05, 0) is 12.1 Å². The molecule has 0 atom stereocenters. The molecule has 0 saturated heterocycles. The zero-order valence-corrected chi connectivity index (χ0v) is 9.08. The van der Waals surface area contributed by atoms with Crippen molar-refractivity contribution >= 4 is 35.6 Å². The third kappa shape index (κ3) is 1.90. The van der Waals surface area contributed by atoms with Crippen LogP contribution in [0.1, 0.15) is 5.56 Å². The smallest absolute Gasteiger partial charge is 0.193 e. The molecule has 2 rings (SSSR count). The van der Waals surface area contributed by atoms with Crippen LogP contribution in [-0.4, -0.2) is 5.96 Å². The number of hydrogen-bond donors (Lipinski definition) is 2.